The van der Waals surface area contributed by atoms with Crippen LogP contribution in [0, 0.1) is 20.8 Å². The molecule has 0 spiro atoms. The van der Waals surface area contributed by atoms with Gasteiger partial charge in [-0.25, -0.2) is 9.79 Å². The van der Waals surface area contributed by atoms with Crippen molar-refractivity contribution in [3.05, 3.63) is 84.5 Å². The number of aliphatic imine (C=N–C) groups is 1. The minimum atomic E-state index is -0.707. The third-order valence-corrected chi connectivity index (χ3v) is 6.84. The lowest BCUT2D eigenvalue weighted by molar-refractivity contribution is -0.113. The Morgan fingerprint density at radius 1 is 1.09 bits per heavy atom. The fourth-order valence-corrected chi connectivity index (χ4v) is 4.16. The summed E-state index contributed by atoms with van der Waals surface area (Å²) in [6.07, 6.45) is 0. The van der Waals surface area contributed by atoms with Crippen molar-refractivity contribution in [1.29, 1.82) is 0 Å². The van der Waals surface area contributed by atoms with Crippen molar-refractivity contribution >= 4 is 45.7 Å². The number of aromatic hydroxyl groups is 1. The van der Waals surface area contributed by atoms with Gasteiger partial charge in [0.2, 0.25) is 11.8 Å². The van der Waals surface area contributed by atoms with E-state index in [9.17, 15) is 19.5 Å². The van der Waals surface area contributed by atoms with Gasteiger partial charge in [0.1, 0.15) is 10.6 Å². The van der Waals surface area contributed by atoms with Gasteiger partial charge in [0.15, 0.2) is 0 Å². The second-order valence-corrected chi connectivity index (χ2v) is 9.21. The summed E-state index contributed by atoms with van der Waals surface area (Å²) in [6, 6.07) is 10.7. The molecule has 178 valence electrons. The van der Waals surface area contributed by atoms with Gasteiger partial charge in [-0.2, -0.15) is 0 Å². The Balaban J connectivity index is 2.01. The number of anilines is 1. The van der Waals surface area contributed by atoms with E-state index in [1.54, 1.807) is 31.2 Å². The molecule has 2 aromatic carbocycles. The average molecular weight is 501 g/mol. The van der Waals surface area contributed by atoms with Crippen LogP contribution in [0.5, 0.6) is 5.88 Å². The largest absolute Gasteiger partial charge is 0.494 e. The van der Waals surface area contributed by atoms with Crippen LogP contribution in [0.25, 0.3) is 0 Å². The molecule has 1 amide bonds. The number of carbonyl (C=O) groups is 1. The van der Waals surface area contributed by atoms with Crippen molar-refractivity contribution in [3.8, 4) is 5.88 Å². The number of thioether (sulfide) groups is 1. The number of nitrogens with one attached hydrogen (secondary N) is 1. The van der Waals surface area contributed by atoms with E-state index in [1.165, 1.54) is 14.1 Å². The number of hydrogen-bond donors (Lipinski definition) is 2. The fourth-order valence-electron chi connectivity index (χ4n) is 3.16. The molecule has 3 aromatic rings. The van der Waals surface area contributed by atoms with Crippen LogP contribution < -0.4 is 16.6 Å². The zero-order valence-electron chi connectivity index (χ0n) is 19.5. The van der Waals surface area contributed by atoms with Gasteiger partial charge in [-0.05, 0) is 61.7 Å². The summed E-state index contributed by atoms with van der Waals surface area (Å²) in [5.41, 5.74) is 2.40. The lowest BCUT2D eigenvalue weighted by Gasteiger charge is -2.13. The molecule has 0 unspecified atom stereocenters. The van der Waals surface area contributed by atoms with Crippen molar-refractivity contribution in [2.75, 3.05) is 11.1 Å². The number of nitrogens with zero attached hydrogens (tertiary/aromatic N) is 3. The molecule has 1 heterocycles. The average Bonchev–Trinajstić information content (AvgIpc) is 2.80. The van der Waals surface area contributed by atoms with Gasteiger partial charge in [-0.15, -0.1) is 0 Å². The molecule has 0 aliphatic carbocycles. The van der Waals surface area contributed by atoms with Crippen LogP contribution in [0.4, 0.5) is 11.4 Å². The summed E-state index contributed by atoms with van der Waals surface area (Å²) >= 11 is 7.11. The number of aryl methyl sites for hydroxylation is 2. The van der Waals surface area contributed by atoms with Crippen LogP contribution >= 0.6 is 23.4 Å². The second kappa shape index (κ2) is 10.3. The quantitative estimate of drug-likeness (QED) is 0.409. The molecule has 34 heavy (non-hydrogen) atoms. The predicted molar refractivity (Wildman–Crippen MR) is 138 cm³/mol. The molecule has 1 aromatic heterocycles. The zero-order chi connectivity index (χ0) is 25.2. The third kappa shape index (κ3) is 5.26. The van der Waals surface area contributed by atoms with E-state index in [0.29, 0.717) is 16.4 Å². The molecule has 0 fully saturated rings. The van der Waals surface area contributed by atoms with Gasteiger partial charge in [0.05, 0.1) is 11.4 Å². The Labute approximate surface area is 205 Å². The van der Waals surface area contributed by atoms with E-state index in [0.717, 1.165) is 37.6 Å². The van der Waals surface area contributed by atoms with E-state index < -0.39 is 17.1 Å². The number of rotatable bonds is 5. The molecule has 0 bridgehead atoms. The van der Waals surface area contributed by atoms with E-state index in [1.807, 2.05) is 26.0 Å². The summed E-state index contributed by atoms with van der Waals surface area (Å²) in [7, 11) is 2.67. The van der Waals surface area contributed by atoms with Crippen LogP contribution in [0.15, 0.2) is 51.0 Å². The first-order valence-corrected chi connectivity index (χ1v) is 11.7. The Hall–Kier alpha value is -3.30. The number of aromatic nitrogens is 2. The first kappa shape index (κ1) is 25.3. The molecule has 3 rings (SSSR count). The topological polar surface area (TPSA) is 106 Å². The minimum Gasteiger partial charge on any atom is -0.494 e. The zero-order valence-corrected chi connectivity index (χ0v) is 21.0. The fraction of sp³-hybridized carbons (Fsp3) is 0.250. The first-order chi connectivity index (χ1) is 16.0. The molecule has 0 aliphatic rings. The van der Waals surface area contributed by atoms with Crippen LogP contribution in [-0.4, -0.2) is 30.9 Å². The highest BCUT2D eigenvalue weighted by Crippen LogP contribution is 2.26. The van der Waals surface area contributed by atoms with E-state index in [4.69, 9.17) is 11.6 Å². The molecular weight excluding hydrogens is 476 g/mol. The lowest BCUT2D eigenvalue weighted by atomic mass is 10.1. The van der Waals surface area contributed by atoms with E-state index >= 15 is 0 Å². The molecular formula is C24H25ClN4O4S. The molecule has 10 heteroatoms. The summed E-state index contributed by atoms with van der Waals surface area (Å²) < 4.78 is 1.85. The Morgan fingerprint density at radius 3 is 2.47 bits per heavy atom. The number of carbonyl (C=O) groups excluding carboxylic acids is 1. The maximum Gasteiger partial charge on any atom is 0.333 e. The van der Waals surface area contributed by atoms with E-state index in [-0.39, 0.29) is 22.3 Å². The van der Waals surface area contributed by atoms with Gasteiger partial charge >= 0.3 is 5.69 Å². The highest BCUT2D eigenvalue weighted by molar-refractivity contribution is 8.15. The molecule has 0 atom stereocenters. The summed E-state index contributed by atoms with van der Waals surface area (Å²) in [4.78, 5) is 42.4. The lowest BCUT2D eigenvalue weighted by Crippen LogP contribution is -2.39. The Morgan fingerprint density at radius 2 is 1.79 bits per heavy atom. The van der Waals surface area contributed by atoms with Gasteiger partial charge in [0, 0.05) is 24.8 Å². The highest BCUT2D eigenvalue weighted by atomic mass is 35.5. The SMILES string of the molecule is Cc1ccc(N=C(SCC(=O)Nc2cccc(Cl)c2C)c2c(O)n(C)c(=O)n(C)c2=O)cc1C. The van der Waals surface area contributed by atoms with Crippen molar-refractivity contribution < 1.29 is 9.90 Å². The van der Waals surface area contributed by atoms with E-state index in [2.05, 4.69) is 10.3 Å². The second-order valence-electron chi connectivity index (χ2n) is 7.84. The molecule has 0 radical (unpaired) electrons. The maximum atomic E-state index is 12.9. The van der Waals surface area contributed by atoms with Crippen LogP contribution in [0.3, 0.4) is 0 Å². The molecule has 2 N–H and O–H groups in total. The minimum absolute atomic E-state index is 0.0962. The maximum absolute atomic E-state index is 12.9. The van der Waals surface area contributed by atoms with Gasteiger partial charge < -0.3 is 10.4 Å². The predicted octanol–water partition coefficient (Wildman–Crippen LogP) is 3.82. The molecule has 0 saturated carbocycles. The standard InChI is InChI=1S/C24H25ClN4O4S/c1-13-9-10-16(11-14(13)2)26-21(20-22(31)28(4)24(33)29(5)23(20)32)34-12-19(30)27-18-8-6-7-17(25)15(18)3/h6-11,31H,12H2,1-5H3,(H,27,30). The van der Waals surface area contributed by atoms with Crippen LogP contribution in [0.2, 0.25) is 5.02 Å². The molecule has 0 saturated heterocycles. The Bertz CT molecular complexity index is 1430. The van der Waals surface area contributed by atoms with Crippen molar-refractivity contribution in [1.82, 2.24) is 9.13 Å². The van der Waals surface area contributed by atoms with Crippen LogP contribution in [-0.2, 0) is 18.9 Å². The Kier molecular flexibility index (Phi) is 7.68. The van der Waals surface area contributed by atoms with Gasteiger partial charge in [-0.3, -0.25) is 18.7 Å². The van der Waals surface area contributed by atoms with Gasteiger partial charge in [-0.1, -0.05) is 35.5 Å². The monoisotopic (exact) mass is 500 g/mol. The molecule has 0 aliphatic heterocycles. The van der Waals surface area contributed by atoms with Crippen molar-refractivity contribution in [2.24, 2.45) is 19.1 Å². The number of amides is 1. The third-order valence-electron chi connectivity index (χ3n) is 5.45. The number of halogens is 1. The summed E-state index contributed by atoms with van der Waals surface area (Å²) in [5, 5.41) is 14.1. The van der Waals surface area contributed by atoms with Gasteiger partial charge in [0.25, 0.3) is 5.56 Å². The molecule has 8 nitrogen and oxygen atoms in total. The number of benzene rings is 2. The smallest absolute Gasteiger partial charge is 0.333 e. The number of hydrogen-bond acceptors (Lipinski definition) is 6. The summed E-state index contributed by atoms with van der Waals surface area (Å²) in [5.74, 6) is -0.959. The summed E-state index contributed by atoms with van der Waals surface area (Å²) in [6.45, 7) is 5.70. The van der Waals surface area contributed by atoms with Crippen molar-refractivity contribution in [3.63, 3.8) is 0 Å². The highest BCUT2D eigenvalue weighted by Gasteiger charge is 2.22. The van der Waals surface area contributed by atoms with Crippen molar-refractivity contribution in [2.45, 2.75) is 20.8 Å². The normalized spacial score (nSPS) is 11.5. The van der Waals surface area contributed by atoms with Crippen LogP contribution in [0.1, 0.15) is 22.3 Å². The first-order valence-electron chi connectivity index (χ1n) is 10.3.